The van der Waals surface area contributed by atoms with Crippen molar-refractivity contribution in [2.75, 3.05) is 20.1 Å². The van der Waals surface area contributed by atoms with Crippen molar-refractivity contribution in [1.29, 1.82) is 0 Å². The highest BCUT2D eigenvalue weighted by molar-refractivity contribution is 5.79. The predicted molar refractivity (Wildman–Crippen MR) is 114 cm³/mol. The first-order valence-corrected chi connectivity index (χ1v) is 10.1. The molecule has 2 aromatic carbocycles. The Morgan fingerprint density at radius 2 is 1.93 bits per heavy atom. The first-order valence-electron chi connectivity index (χ1n) is 10.1. The normalized spacial score (nSPS) is 14.4. The highest BCUT2D eigenvalue weighted by atomic mass is 19.1. The van der Waals surface area contributed by atoms with Gasteiger partial charge in [0.1, 0.15) is 5.82 Å². The lowest BCUT2D eigenvalue weighted by Gasteiger charge is -2.22. The van der Waals surface area contributed by atoms with Gasteiger partial charge >= 0.3 is 0 Å². The second-order valence-corrected chi connectivity index (χ2v) is 7.39. The van der Waals surface area contributed by atoms with Crippen LogP contribution in [0.25, 0.3) is 0 Å². The molecule has 0 saturated carbocycles. The number of nitrogens with one attached hydrogen (secondary N) is 1. The summed E-state index contributed by atoms with van der Waals surface area (Å²) >= 11 is 0. The van der Waals surface area contributed by atoms with Crippen LogP contribution in [-0.2, 0) is 24.4 Å². The number of hydrogen-bond donors (Lipinski definition) is 1. The smallest absolute Gasteiger partial charge is 0.222 e. The first-order chi connectivity index (χ1) is 14.0. The summed E-state index contributed by atoms with van der Waals surface area (Å²) in [6.45, 7) is 5.51. The Bertz CT molecular complexity index is 850. The van der Waals surface area contributed by atoms with E-state index in [1.54, 1.807) is 12.1 Å². The molecule has 3 rings (SSSR count). The van der Waals surface area contributed by atoms with Crippen LogP contribution in [0.15, 0.2) is 53.5 Å². The third-order valence-corrected chi connectivity index (χ3v) is 4.98. The molecule has 0 unspecified atom stereocenters. The summed E-state index contributed by atoms with van der Waals surface area (Å²) in [5, 5.41) is 3.31. The van der Waals surface area contributed by atoms with Gasteiger partial charge in [0.2, 0.25) is 5.91 Å². The SMILES string of the molecule is CCNC(=NCc1cccc(CN2CCCC2=O)c1)N(C)Cc1ccc(F)cc1. The van der Waals surface area contributed by atoms with Crippen LogP contribution in [0.1, 0.15) is 36.5 Å². The molecular weight excluding hydrogens is 367 g/mol. The Balaban J connectivity index is 1.65. The average Bonchev–Trinajstić information content (AvgIpc) is 3.11. The molecule has 0 aromatic heterocycles. The molecule has 0 spiro atoms. The Morgan fingerprint density at radius 1 is 1.17 bits per heavy atom. The zero-order chi connectivity index (χ0) is 20.6. The Hall–Kier alpha value is -2.89. The fourth-order valence-electron chi connectivity index (χ4n) is 3.49. The fraction of sp³-hybridized carbons (Fsp3) is 0.391. The number of likely N-dealkylation sites (tertiary alicyclic amines) is 1. The van der Waals surface area contributed by atoms with Crippen LogP contribution in [-0.4, -0.2) is 41.8 Å². The molecule has 1 N–H and O–H groups in total. The largest absolute Gasteiger partial charge is 0.357 e. The molecule has 1 saturated heterocycles. The van der Waals surface area contributed by atoms with Crippen LogP contribution in [0, 0.1) is 5.82 Å². The Morgan fingerprint density at radius 3 is 2.62 bits per heavy atom. The molecule has 1 aliphatic rings. The van der Waals surface area contributed by atoms with Crippen molar-refractivity contribution in [3.8, 4) is 0 Å². The minimum atomic E-state index is -0.229. The monoisotopic (exact) mass is 396 g/mol. The fourth-order valence-corrected chi connectivity index (χ4v) is 3.49. The van der Waals surface area contributed by atoms with Crippen molar-refractivity contribution in [2.24, 2.45) is 4.99 Å². The summed E-state index contributed by atoms with van der Waals surface area (Å²) in [6.07, 6.45) is 1.62. The number of carbonyl (C=O) groups excluding carboxylic acids is 1. The van der Waals surface area contributed by atoms with E-state index in [1.807, 2.05) is 29.8 Å². The number of rotatable bonds is 7. The van der Waals surface area contributed by atoms with Crippen molar-refractivity contribution >= 4 is 11.9 Å². The Labute approximate surface area is 172 Å². The van der Waals surface area contributed by atoms with E-state index >= 15 is 0 Å². The summed E-state index contributed by atoms with van der Waals surface area (Å²) in [4.78, 5) is 20.6. The van der Waals surface area contributed by atoms with Crippen LogP contribution in [0.3, 0.4) is 0 Å². The van der Waals surface area contributed by atoms with E-state index in [9.17, 15) is 9.18 Å². The number of carbonyl (C=O) groups is 1. The molecule has 0 radical (unpaired) electrons. The van der Waals surface area contributed by atoms with Gasteiger partial charge in [0.05, 0.1) is 6.54 Å². The molecule has 1 aliphatic heterocycles. The van der Waals surface area contributed by atoms with Crippen LogP contribution >= 0.6 is 0 Å². The lowest BCUT2D eigenvalue weighted by Crippen LogP contribution is -2.38. The van der Waals surface area contributed by atoms with E-state index in [1.165, 1.54) is 12.1 Å². The zero-order valence-corrected chi connectivity index (χ0v) is 17.2. The van der Waals surface area contributed by atoms with Crippen LogP contribution in [0.4, 0.5) is 4.39 Å². The average molecular weight is 397 g/mol. The topological polar surface area (TPSA) is 47.9 Å². The second kappa shape index (κ2) is 10.0. The molecule has 5 nitrogen and oxygen atoms in total. The maximum absolute atomic E-state index is 13.1. The Kier molecular flexibility index (Phi) is 7.22. The highest BCUT2D eigenvalue weighted by Gasteiger charge is 2.19. The molecule has 0 bridgehead atoms. The van der Waals surface area contributed by atoms with Gasteiger partial charge in [0.15, 0.2) is 5.96 Å². The highest BCUT2D eigenvalue weighted by Crippen LogP contribution is 2.16. The van der Waals surface area contributed by atoms with Crippen molar-refractivity contribution in [2.45, 2.75) is 39.4 Å². The van der Waals surface area contributed by atoms with E-state index in [-0.39, 0.29) is 11.7 Å². The summed E-state index contributed by atoms with van der Waals surface area (Å²) in [7, 11) is 1.97. The first kappa shape index (κ1) is 20.8. The van der Waals surface area contributed by atoms with Crippen molar-refractivity contribution in [3.63, 3.8) is 0 Å². The molecule has 0 atom stereocenters. The van der Waals surface area contributed by atoms with Crippen molar-refractivity contribution in [3.05, 3.63) is 71.0 Å². The number of benzene rings is 2. The van der Waals surface area contributed by atoms with E-state index in [2.05, 4.69) is 23.5 Å². The lowest BCUT2D eigenvalue weighted by molar-refractivity contribution is -0.128. The second-order valence-electron chi connectivity index (χ2n) is 7.39. The number of aliphatic imine (C=N–C) groups is 1. The van der Waals surface area contributed by atoms with Crippen molar-refractivity contribution in [1.82, 2.24) is 15.1 Å². The number of amides is 1. The summed E-state index contributed by atoms with van der Waals surface area (Å²) < 4.78 is 13.1. The molecule has 2 aromatic rings. The molecular formula is C23H29FN4O. The van der Waals surface area contributed by atoms with Gasteiger partial charge in [-0.15, -0.1) is 0 Å². The van der Waals surface area contributed by atoms with E-state index in [4.69, 9.17) is 4.99 Å². The van der Waals surface area contributed by atoms with Gasteiger partial charge in [0.25, 0.3) is 0 Å². The van der Waals surface area contributed by atoms with Crippen molar-refractivity contribution < 1.29 is 9.18 Å². The third kappa shape index (κ3) is 6.04. The molecule has 0 aliphatic carbocycles. The van der Waals surface area contributed by atoms with Gasteiger partial charge < -0.3 is 15.1 Å². The maximum Gasteiger partial charge on any atom is 0.222 e. The zero-order valence-electron chi connectivity index (χ0n) is 17.2. The molecule has 154 valence electrons. The van der Waals surface area contributed by atoms with E-state index in [0.29, 0.717) is 26.1 Å². The van der Waals surface area contributed by atoms with Gasteiger partial charge in [-0.3, -0.25) is 4.79 Å². The standard InChI is InChI=1S/C23H29FN4O/c1-3-25-23(27(2)16-18-9-11-21(24)12-10-18)26-15-19-6-4-7-20(14-19)17-28-13-5-8-22(28)29/h4,6-7,9-12,14H,3,5,8,13,15-17H2,1-2H3,(H,25,26). The van der Waals surface area contributed by atoms with Crippen LogP contribution < -0.4 is 5.32 Å². The summed E-state index contributed by atoms with van der Waals surface area (Å²) in [5.41, 5.74) is 3.27. The molecule has 6 heteroatoms. The minimum Gasteiger partial charge on any atom is -0.357 e. The number of halogens is 1. The number of nitrogens with zero attached hydrogens (tertiary/aromatic N) is 3. The number of guanidine groups is 1. The van der Waals surface area contributed by atoms with Gasteiger partial charge in [-0.1, -0.05) is 36.4 Å². The molecule has 29 heavy (non-hydrogen) atoms. The lowest BCUT2D eigenvalue weighted by atomic mass is 10.1. The van der Waals surface area contributed by atoms with Gasteiger partial charge in [0, 0.05) is 39.6 Å². The third-order valence-electron chi connectivity index (χ3n) is 4.98. The predicted octanol–water partition coefficient (Wildman–Crippen LogP) is 3.55. The molecule has 1 heterocycles. The van der Waals surface area contributed by atoms with E-state index in [0.717, 1.165) is 42.2 Å². The summed E-state index contributed by atoms with van der Waals surface area (Å²) in [5.74, 6) is 0.815. The van der Waals surface area contributed by atoms with Gasteiger partial charge in [-0.05, 0) is 42.2 Å². The summed E-state index contributed by atoms with van der Waals surface area (Å²) in [6, 6.07) is 14.8. The van der Waals surface area contributed by atoms with Gasteiger partial charge in [-0.25, -0.2) is 9.38 Å². The van der Waals surface area contributed by atoms with Crippen LogP contribution in [0.2, 0.25) is 0 Å². The van der Waals surface area contributed by atoms with Gasteiger partial charge in [-0.2, -0.15) is 0 Å². The minimum absolute atomic E-state index is 0.229. The quantitative estimate of drug-likeness (QED) is 0.575. The van der Waals surface area contributed by atoms with Crippen LogP contribution in [0.5, 0.6) is 0 Å². The molecule has 1 amide bonds. The van der Waals surface area contributed by atoms with E-state index < -0.39 is 0 Å². The number of hydrogen-bond acceptors (Lipinski definition) is 2. The maximum atomic E-state index is 13.1. The molecule has 1 fully saturated rings.